The van der Waals surface area contributed by atoms with Crippen molar-refractivity contribution in [3.63, 3.8) is 0 Å². The van der Waals surface area contributed by atoms with Gasteiger partial charge in [-0.3, -0.25) is 0 Å². The fourth-order valence-electron chi connectivity index (χ4n) is 3.23. The highest BCUT2D eigenvalue weighted by molar-refractivity contribution is 5.89. The van der Waals surface area contributed by atoms with Crippen LogP contribution in [0, 0.1) is 24.7 Å². The van der Waals surface area contributed by atoms with Crippen molar-refractivity contribution in [3.8, 4) is 0 Å². The van der Waals surface area contributed by atoms with E-state index in [9.17, 15) is 4.79 Å². The van der Waals surface area contributed by atoms with Gasteiger partial charge in [0.05, 0.1) is 5.56 Å². The summed E-state index contributed by atoms with van der Waals surface area (Å²) < 4.78 is 5.84. The number of aryl methyl sites for hydroxylation is 1. The highest BCUT2D eigenvalue weighted by Gasteiger charge is 2.33. The zero-order valence-electron chi connectivity index (χ0n) is 15.1. The molecule has 1 aromatic carbocycles. The molecule has 2 rings (SSSR count). The minimum Gasteiger partial charge on any atom is -0.458 e. The van der Waals surface area contributed by atoms with E-state index in [-0.39, 0.29) is 12.1 Å². The van der Waals surface area contributed by atoms with Gasteiger partial charge in [0.2, 0.25) is 0 Å². The smallest absolute Gasteiger partial charge is 0.338 e. The Morgan fingerprint density at radius 2 is 1.91 bits per heavy atom. The summed E-state index contributed by atoms with van der Waals surface area (Å²) in [4.78, 5) is 12.3. The van der Waals surface area contributed by atoms with Gasteiger partial charge in [-0.05, 0) is 49.7 Å². The molecule has 1 aliphatic rings. The third-order valence-corrected chi connectivity index (χ3v) is 4.47. The van der Waals surface area contributed by atoms with Crippen molar-refractivity contribution >= 4 is 5.97 Å². The standard InChI is InChI=1S/C18H26O2.C2H6/c1-12(2)16-9-8-14(4)11-17(16)20-18(19)15-7-5-6-13(3)10-15;1-2/h5-7,10,12,14,16-17H,8-9,11H2,1-4H3;1-2H3/t14-,16?,17-;/m1./s1. The van der Waals surface area contributed by atoms with Crippen LogP contribution in [0.5, 0.6) is 0 Å². The molecule has 0 saturated heterocycles. The number of rotatable bonds is 3. The third kappa shape index (κ3) is 5.15. The lowest BCUT2D eigenvalue weighted by atomic mass is 9.75. The second kappa shape index (κ2) is 8.97. The molecule has 124 valence electrons. The highest BCUT2D eigenvalue weighted by Crippen LogP contribution is 2.35. The first-order valence-electron chi connectivity index (χ1n) is 8.75. The Bertz CT molecular complexity index is 465. The van der Waals surface area contributed by atoms with Crippen molar-refractivity contribution in [3.05, 3.63) is 35.4 Å². The predicted octanol–water partition coefficient (Wildman–Crippen LogP) is 5.64. The fraction of sp³-hybridized carbons (Fsp3) is 0.650. The topological polar surface area (TPSA) is 26.3 Å². The minimum absolute atomic E-state index is 0.0757. The van der Waals surface area contributed by atoms with Crippen LogP contribution in [0.2, 0.25) is 0 Å². The van der Waals surface area contributed by atoms with Crippen LogP contribution in [0.3, 0.4) is 0 Å². The van der Waals surface area contributed by atoms with Crippen molar-refractivity contribution in [2.24, 2.45) is 17.8 Å². The lowest BCUT2D eigenvalue weighted by molar-refractivity contribution is -0.0174. The first-order chi connectivity index (χ1) is 10.5. The molecular weight excluding hydrogens is 272 g/mol. The Morgan fingerprint density at radius 3 is 2.50 bits per heavy atom. The van der Waals surface area contributed by atoms with Gasteiger partial charge >= 0.3 is 5.97 Å². The van der Waals surface area contributed by atoms with E-state index in [2.05, 4.69) is 20.8 Å². The molecule has 0 aliphatic heterocycles. The number of hydrogen-bond acceptors (Lipinski definition) is 2. The van der Waals surface area contributed by atoms with Crippen molar-refractivity contribution in [1.29, 1.82) is 0 Å². The molecule has 1 unspecified atom stereocenters. The summed E-state index contributed by atoms with van der Waals surface area (Å²) in [6, 6.07) is 7.65. The zero-order chi connectivity index (χ0) is 16.7. The molecule has 3 atom stereocenters. The predicted molar refractivity (Wildman–Crippen MR) is 93.1 cm³/mol. The van der Waals surface area contributed by atoms with E-state index in [1.54, 1.807) is 0 Å². The molecule has 1 saturated carbocycles. The summed E-state index contributed by atoms with van der Waals surface area (Å²) in [6.07, 6.45) is 3.50. The molecule has 0 N–H and O–H groups in total. The van der Waals surface area contributed by atoms with E-state index in [1.165, 1.54) is 12.8 Å². The van der Waals surface area contributed by atoms with Crippen LogP contribution in [0.15, 0.2) is 24.3 Å². The Labute approximate surface area is 136 Å². The number of ether oxygens (including phenoxy) is 1. The molecule has 0 heterocycles. The van der Waals surface area contributed by atoms with Crippen LogP contribution >= 0.6 is 0 Å². The molecule has 1 fully saturated rings. The van der Waals surface area contributed by atoms with Crippen molar-refractivity contribution in [2.75, 3.05) is 0 Å². The van der Waals surface area contributed by atoms with Crippen LogP contribution in [-0.2, 0) is 4.74 Å². The van der Waals surface area contributed by atoms with E-state index in [0.717, 1.165) is 12.0 Å². The van der Waals surface area contributed by atoms with E-state index in [0.29, 0.717) is 23.3 Å². The van der Waals surface area contributed by atoms with Gasteiger partial charge in [-0.15, -0.1) is 0 Å². The number of esters is 1. The maximum atomic E-state index is 12.3. The van der Waals surface area contributed by atoms with Gasteiger partial charge < -0.3 is 4.74 Å². The third-order valence-electron chi connectivity index (χ3n) is 4.47. The zero-order valence-corrected chi connectivity index (χ0v) is 15.1. The van der Waals surface area contributed by atoms with Crippen LogP contribution in [0.4, 0.5) is 0 Å². The molecule has 0 spiro atoms. The van der Waals surface area contributed by atoms with Crippen LogP contribution < -0.4 is 0 Å². The molecule has 1 aliphatic carbocycles. The summed E-state index contributed by atoms with van der Waals surface area (Å²) in [7, 11) is 0. The molecule has 0 amide bonds. The van der Waals surface area contributed by atoms with Gasteiger partial charge in [0.1, 0.15) is 6.10 Å². The van der Waals surface area contributed by atoms with Crippen LogP contribution in [0.1, 0.15) is 69.8 Å². The van der Waals surface area contributed by atoms with E-state index < -0.39 is 0 Å². The van der Waals surface area contributed by atoms with Crippen molar-refractivity contribution in [1.82, 2.24) is 0 Å². The normalized spacial score (nSPS) is 24.4. The maximum Gasteiger partial charge on any atom is 0.338 e. The molecule has 1 aromatic rings. The van der Waals surface area contributed by atoms with Crippen LogP contribution in [0.25, 0.3) is 0 Å². The first kappa shape index (κ1) is 18.7. The monoisotopic (exact) mass is 304 g/mol. The quantitative estimate of drug-likeness (QED) is 0.676. The average Bonchev–Trinajstić information content (AvgIpc) is 2.49. The lowest BCUT2D eigenvalue weighted by Crippen LogP contribution is -2.35. The Morgan fingerprint density at radius 1 is 1.23 bits per heavy atom. The van der Waals surface area contributed by atoms with Crippen LogP contribution in [-0.4, -0.2) is 12.1 Å². The Kier molecular flexibility index (Phi) is 7.64. The van der Waals surface area contributed by atoms with Gasteiger partial charge in [-0.2, -0.15) is 0 Å². The molecule has 0 bridgehead atoms. The average molecular weight is 304 g/mol. The lowest BCUT2D eigenvalue weighted by Gasteiger charge is -2.36. The molecule has 2 heteroatoms. The summed E-state index contributed by atoms with van der Waals surface area (Å²) in [5, 5.41) is 0. The first-order valence-corrected chi connectivity index (χ1v) is 8.75. The molecule has 22 heavy (non-hydrogen) atoms. The highest BCUT2D eigenvalue weighted by atomic mass is 16.5. The number of hydrogen-bond donors (Lipinski definition) is 0. The number of carbonyl (C=O) groups is 1. The fourth-order valence-corrected chi connectivity index (χ4v) is 3.23. The second-order valence-electron chi connectivity index (χ2n) is 6.64. The van der Waals surface area contributed by atoms with Crippen molar-refractivity contribution in [2.45, 2.75) is 66.9 Å². The molecule has 2 nitrogen and oxygen atoms in total. The van der Waals surface area contributed by atoms with E-state index >= 15 is 0 Å². The SMILES string of the molecule is CC.Cc1cccc(C(=O)O[C@@H]2C[C@H](C)CCC2C(C)C)c1. The van der Waals surface area contributed by atoms with Gasteiger partial charge in [-0.25, -0.2) is 4.79 Å². The van der Waals surface area contributed by atoms with Gasteiger partial charge in [0.25, 0.3) is 0 Å². The van der Waals surface area contributed by atoms with E-state index in [1.807, 2.05) is 45.0 Å². The summed E-state index contributed by atoms with van der Waals surface area (Å²) in [5.41, 5.74) is 1.77. The van der Waals surface area contributed by atoms with Gasteiger partial charge in [0, 0.05) is 0 Å². The summed E-state index contributed by atoms with van der Waals surface area (Å²) in [5.74, 6) is 1.55. The van der Waals surface area contributed by atoms with Crippen molar-refractivity contribution < 1.29 is 9.53 Å². The molecular formula is C20H32O2. The number of benzene rings is 1. The maximum absolute atomic E-state index is 12.3. The van der Waals surface area contributed by atoms with Gasteiger partial charge in [-0.1, -0.05) is 58.7 Å². The summed E-state index contributed by atoms with van der Waals surface area (Å²) >= 11 is 0. The minimum atomic E-state index is -0.168. The Hall–Kier alpha value is -1.31. The largest absolute Gasteiger partial charge is 0.458 e. The number of carbonyl (C=O) groups excluding carboxylic acids is 1. The Balaban J connectivity index is 0.00000116. The molecule has 0 aromatic heterocycles. The summed E-state index contributed by atoms with van der Waals surface area (Å²) in [6.45, 7) is 12.7. The van der Waals surface area contributed by atoms with E-state index in [4.69, 9.17) is 4.74 Å². The van der Waals surface area contributed by atoms with Gasteiger partial charge in [0.15, 0.2) is 0 Å². The molecule has 0 radical (unpaired) electrons. The second-order valence-corrected chi connectivity index (χ2v) is 6.64.